The second-order valence-corrected chi connectivity index (χ2v) is 7.24. The van der Waals surface area contributed by atoms with Crippen molar-refractivity contribution in [3.63, 3.8) is 0 Å². The monoisotopic (exact) mass is 334 g/mol. The highest BCUT2D eigenvalue weighted by Crippen LogP contribution is 2.21. The van der Waals surface area contributed by atoms with Gasteiger partial charge in [0.1, 0.15) is 6.04 Å². The van der Waals surface area contributed by atoms with Crippen molar-refractivity contribution in [3.8, 4) is 0 Å². The van der Waals surface area contributed by atoms with E-state index in [1.165, 1.54) is 0 Å². The van der Waals surface area contributed by atoms with Crippen LogP contribution in [-0.2, 0) is 9.59 Å². The number of carboxylic acids is 1. The Bertz CT molecular complexity index is 618. The van der Waals surface area contributed by atoms with Gasteiger partial charge >= 0.3 is 5.97 Å². The molecule has 6 heteroatoms. The number of aliphatic carboxylic acids is 1. The predicted molar refractivity (Wildman–Crippen MR) is 92.9 cm³/mol. The molecule has 1 aromatic carbocycles. The summed E-state index contributed by atoms with van der Waals surface area (Å²) >= 11 is 0. The molecule has 0 heterocycles. The molecule has 0 aromatic heterocycles. The van der Waals surface area contributed by atoms with Crippen molar-refractivity contribution in [2.75, 3.05) is 5.32 Å². The van der Waals surface area contributed by atoms with E-state index < -0.39 is 23.3 Å². The van der Waals surface area contributed by atoms with Crippen molar-refractivity contribution in [3.05, 3.63) is 29.8 Å². The van der Waals surface area contributed by atoms with E-state index in [0.29, 0.717) is 12.1 Å². The number of rotatable bonds is 6. The Labute approximate surface area is 142 Å². The van der Waals surface area contributed by atoms with E-state index in [9.17, 15) is 19.5 Å². The maximum atomic E-state index is 12.5. The van der Waals surface area contributed by atoms with Crippen LogP contribution in [-0.4, -0.2) is 28.9 Å². The molecule has 0 fully saturated rings. The molecule has 6 nitrogen and oxygen atoms in total. The van der Waals surface area contributed by atoms with Gasteiger partial charge in [-0.3, -0.25) is 9.59 Å². The summed E-state index contributed by atoms with van der Waals surface area (Å²) in [6.45, 7) is 9.09. The molecular weight excluding hydrogens is 308 g/mol. The zero-order valence-electron chi connectivity index (χ0n) is 14.8. The van der Waals surface area contributed by atoms with Gasteiger partial charge in [0, 0.05) is 5.41 Å². The summed E-state index contributed by atoms with van der Waals surface area (Å²) in [5, 5.41) is 14.5. The maximum absolute atomic E-state index is 12.5. The Hall–Kier alpha value is -2.37. The molecule has 0 aliphatic carbocycles. The summed E-state index contributed by atoms with van der Waals surface area (Å²) in [5.74, 6) is -1.69. The number of carbonyl (C=O) groups excluding carboxylic acids is 2. The van der Waals surface area contributed by atoms with Crippen LogP contribution >= 0.6 is 0 Å². The molecular formula is C18H26N2O4. The van der Waals surface area contributed by atoms with Gasteiger partial charge in [0.05, 0.1) is 11.3 Å². The van der Waals surface area contributed by atoms with Crippen LogP contribution in [0.2, 0.25) is 0 Å². The SMILES string of the molecule is CC(C)C[C@@H](NC(=O)c1ccccc1NC(=O)C(C)(C)C)C(=O)O. The zero-order chi connectivity index (χ0) is 18.5. The molecule has 0 aliphatic rings. The largest absolute Gasteiger partial charge is 0.480 e. The smallest absolute Gasteiger partial charge is 0.326 e. The normalized spacial score (nSPS) is 12.6. The summed E-state index contributed by atoms with van der Waals surface area (Å²) in [4.78, 5) is 35.9. The third kappa shape index (κ3) is 5.68. The lowest BCUT2D eigenvalue weighted by Gasteiger charge is -2.20. The Morgan fingerprint density at radius 3 is 2.21 bits per heavy atom. The summed E-state index contributed by atoms with van der Waals surface area (Å²) in [6.07, 6.45) is 0.331. The van der Waals surface area contributed by atoms with Crippen LogP contribution in [0, 0.1) is 11.3 Å². The van der Waals surface area contributed by atoms with E-state index in [4.69, 9.17) is 0 Å². The number of carboxylic acid groups (broad SMARTS) is 1. The third-order valence-electron chi connectivity index (χ3n) is 3.41. The predicted octanol–water partition coefficient (Wildman–Crippen LogP) is 2.90. The Kier molecular flexibility index (Phi) is 6.51. The van der Waals surface area contributed by atoms with Crippen LogP contribution in [0.1, 0.15) is 51.4 Å². The maximum Gasteiger partial charge on any atom is 0.326 e. The molecule has 0 spiro atoms. The first-order chi connectivity index (χ1) is 11.0. The van der Waals surface area contributed by atoms with Crippen molar-refractivity contribution in [2.45, 2.75) is 47.1 Å². The second kappa shape index (κ2) is 7.95. The summed E-state index contributed by atoms with van der Waals surface area (Å²) in [6, 6.07) is 5.58. The number of amides is 2. The van der Waals surface area contributed by atoms with Crippen molar-refractivity contribution >= 4 is 23.5 Å². The summed E-state index contributed by atoms with van der Waals surface area (Å²) < 4.78 is 0. The average molecular weight is 334 g/mol. The van der Waals surface area contributed by atoms with Crippen LogP contribution < -0.4 is 10.6 Å². The minimum atomic E-state index is -1.08. The van der Waals surface area contributed by atoms with Crippen LogP contribution in [0.3, 0.4) is 0 Å². The van der Waals surface area contributed by atoms with Gasteiger partial charge in [-0.15, -0.1) is 0 Å². The fourth-order valence-corrected chi connectivity index (χ4v) is 2.03. The minimum Gasteiger partial charge on any atom is -0.480 e. The molecule has 1 aromatic rings. The Morgan fingerprint density at radius 1 is 1.12 bits per heavy atom. The molecule has 1 rings (SSSR count). The number of carbonyl (C=O) groups is 3. The van der Waals surface area contributed by atoms with E-state index in [1.807, 2.05) is 13.8 Å². The number of benzene rings is 1. The van der Waals surface area contributed by atoms with Gasteiger partial charge in [-0.25, -0.2) is 4.79 Å². The first-order valence-electron chi connectivity index (χ1n) is 7.96. The van der Waals surface area contributed by atoms with Gasteiger partial charge in [0.2, 0.25) is 5.91 Å². The average Bonchev–Trinajstić information content (AvgIpc) is 2.45. The number of anilines is 1. The Morgan fingerprint density at radius 2 is 1.71 bits per heavy atom. The van der Waals surface area contributed by atoms with Gasteiger partial charge in [0.25, 0.3) is 5.91 Å². The fraction of sp³-hybridized carbons (Fsp3) is 0.500. The summed E-state index contributed by atoms with van der Waals surface area (Å²) in [5.41, 5.74) is -0.00103. The molecule has 0 saturated heterocycles. The minimum absolute atomic E-state index is 0.127. The molecule has 132 valence electrons. The highest BCUT2D eigenvalue weighted by atomic mass is 16.4. The second-order valence-electron chi connectivity index (χ2n) is 7.24. The summed E-state index contributed by atoms with van der Waals surface area (Å²) in [7, 11) is 0. The standard InChI is InChI=1S/C18H26N2O4/c1-11(2)10-14(16(22)23)19-15(21)12-8-6-7-9-13(12)20-17(24)18(3,4)5/h6-9,11,14H,10H2,1-5H3,(H,19,21)(H,20,24)(H,22,23)/t14-/m1/s1. The van der Waals surface area contributed by atoms with E-state index >= 15 is 0 Å². The van der Waals surface area contributed by atoms with Crippen LogP contribution in [0.25, 0.3) is 0 Å². The first kappa shape index (κ1) is 19.7. The van der Waals surface area contributed by atoms with Gasteiger partial charge in [-0.2, -0.15) is 0 Å². The van der Waals surface area contributed by atoms with E-state index in [1.54, 1.807) is 45.0 Å². The van der Waals surface area contributed by atoms with Gasteiger partial charge in [-0.1, -0.05) is 46.8 Å². The molecule has 0 saturated carbocycles. The first-order valence-corrected chi connectivity index (χ1v) is 7.96. The van der Waals surface area contributed by atoms with Crippen molar-refractivity contribution < 1.29 is 19.5 Å². The number of nitrogens with one attached hydrogen (secondary N) is 2. The quantitative estimate of drug-likeness (QED) is 0.745. The topological polar surface area (TPSA) is 95.5 Å². The van der Waals surface area contributed by atoms with Gasteiger partial charge in [-0.05, 0) is 24.5 Å². The van der Waals surface area contributed by atoms with E-state index in [-0.39, 0.29) is 17.4 Å². The van der Waals surface area contributed by atoms with Crippen molar-refractivity contribution in [1.29, 1.82) is 0 Å². The highest BCUT2D eigenvalue weighted by molar-refractivity contribution is 6.05. The molecule has 3 N–H and O–H groups in total. The number of hydrogen-bond acceptors (Lipinski definition) is 3. The molecule has 24 heavy (non-hydrogen) atoms. The zero-order valence-corrected chi connectivity index (χ0v) is 14.8. The third-order valence-corrected chi connectivity index (χ3v) is 3.41. The van der Waals surface area contributed by atoms with Crippen LogP contribution in [0.5, 0.6) is 0 Å². The molecule has 0 radical (unpaired) electrons. The van der Waals surface area contributed by atoms with E-state index in [0.717, 1.165) is 0 Å². The molecule has 2 amide bonds. The van der Waals surface area contributed by atoms with Gasteiger partial charge < -0.3 is 15.7 Å². The van der Waals surface area contributed by atoms with Crippen LogP contribution in [0.15, 0.2) is 24.3 Å². The molecule has 0 bridgehead atoms. The van der Waals surface area contributed by atoms with Gasteiger partial charge in [0.15, 0.2) is 0 Å². The lowest BCUT2D eigenvalue weighted by Crippen LogP contribution is -2.42. The lowest BCUT2D eigenvalue weighted by molar-refractivity contribution is -0.139. The number of para-hydroxylation sites is 1. The van der Waals surface area contributed by atoms with Crippen molar-refractivity contribution in [2.24, 2.45) is 11.3 Å². The highest BCUT2D eigenvalue weighted by Gasteiger charge is 2.25. The molecule has 0 aliphatic heterocycles. The lowest BCUT2D eigenvalue weighted by atomic mass is 9.95. The molecule has 0 unspecified atom stereocenters. The molecule has 1 atom stereocenters. The fourth-order valence-electron chi connectivity index (χ4n) is 2.03. The van der Waals surface area contributed by atoms with E-state index in [2.05, 4.69) is 10.6 Å². The van der Waals surface area contributed by atoms with Crippen molar-refractivity contribution in [1.82, 2.24) is 5.32 Å². The Balaban J connectivity index is 2.99. The van der Waals surface area contributed by atoms with Crippen LogP contribution in [0.4, 0.5) is 5.69 Å². The number of hydrogen-bond donors (Lipinski definition) is 3.